The highest BCUT2D eigenvalue weighted by Crippen LogP contribution is 2.28. The van der Waals surface area contributed by atoms with Gasteiger partial charge in [0, 0.05) is 6.07 Å². The molecule has 0 heterocycles. The Hall–Kier alpha value is -1.53. The molecule has 0 aromatic heterocycles. The first kappa shape index (κ1) is 10.6. The van der Waals surface area contributed by atoms with E-state index in [1.54, 1.807) is 0 Å². The summed E-state index contributed by atoms with van der Waals surface area (Å²) in [6.45, 7) is 1.44. The van der Waals surface area contributed by atoms with Crippen LogP contribution in [0.4, 0.5) is 10.1 Å². The van der Waals surface area contributed by atoms with Gasteiger partial charge in [-0.05, 0) is 13.0 Å². The molecule has 14 heavy (non-hydrogen) atoms. The van der Waals surface area contributed by atoms with Gasteiger partial charge in [-0.1, -0.05) is 6.07 Å². The Morgan fingerprint density at radius 1 is 1.64 bits per heavy atom. The lowest BCUT2D eigenvalue weighted by Crippen LogP contribution is -2.09. The van der Waals surface area contributed by atoms with Gasteiger partial charge in [0.2, 0.25) is 0 Å². The van der Waals surface area contributed by atoms with Gasteiger partial charge in [0.05, 0.1) is 10.5 Å². The van der Waals surface area contributed by atoms with Gasteiger partial charge in [-0.3, -0.25) is 15.0 Å². The monoisotopic (exact) mass is 200 g/mol. The van der Waals surface area contributed by atoms with Gasteiger partial charge in [0.1, 0.15) is 11.9 Å². The third-order valence-corrected chi connectivity index (χ3v) is 1.84. The molecule has 0 aliphatic carbocycles. The van der Waals surface area contributed by atoms with Crippen molar-refractivity contribution in [1.82, 2.24) is 0 Å². The fourth-order valence-corrected chi connectivity index (χ4v) is 1.16. The Morgan fingerprint density at radius 2 is 2.29 bits per heavy atom. The second kappa shape index (κ2) is 4.12. The molecule has 6 heteroatoms. The van der Waals surface area contributed by atoms with Crippen molar-refractivity contribution in [2.75, 3.05) is 0 Å². The second-order valence-electron chi connectivity index (χ2n) is 2.71. The quantitative estimate of drug-likeness (QED) is 0.594. The summed E-state index contributed by atoms with van der Waals surface area (Å²) >= 11 is 0. The van der Waals surface area contributed by atoms with Crippen LogP contribution in [0.1, 0.15) is 18.6 Å². The van der Waals surface area contributed by atoms with Crippen molar-refractivity contribution in [2.45, 2.75) is 13.0 Å². The molecule has 0 amide bonds. The van der Waals surface area contributed by atoms with Gasteiger partial charge >= 0.3 is 0 Å². The molecule has 1 aromatic carbocycles. The second-order valence-corrected chi connectivity index (χ2v) is 2.71. The van der Waals surface area contributed by atoms with Crippen molar-refractivity contribution >= 4 is 5.69 Å². The summed E-state index contributed by atoms with van der Waals surface area (Å²) in [4.78, 5) is 14.2. The van der Waals surface area contributed by atoms with Crippen molar-refractivity contribution in [3.05, 3.63) is 39.7 Å². The number of hydrogen-bond acceptors (Lipinski definition) is 4. The predicted octanol–water partition coefficient (Wildman–Crippen LogP) is 1.69. The minimum Gasteiger partial charge on any atom is -0.296 e. The van der Waals surface area contributed by atoms with Crippen molar-refractivity contribution < 1.29 is 14.2 Å². The number of halogens is 1. The zero-order valence-corrected chi connectivity index (χ0v) is 7.44. The van der Waals surface area contributed by atoms with Crippen LogP contribution in [-0.2, 0) is 4.84 Å². The van der Waals surface area contributed by atoms with Crippen LogP contribution in [0.2, 0.25) is 0 Å². The molecule has 0 saturated heterocycles. The van der Waals surface area contributed by atoms with Crippen molar-refractivity contribution in [1.29, 1.82) is 0 Å². The summed E-state index contributed by atoms with van der Waals surface area (Å²) in [6, 6.07) is 3.59. The molecule has 0 bridgehead atoms. The first-order valence-electron chi connectivity index (χ1n) is 3.86. The molecule has 0 saturated carbocycles. The van der Waals surface area contributed by atoms with Gasteiger partial charge in [-0.15, -0.1) is 0 Å². The lowest BCUT2D eigenvalue weighted by molar-refractivity contribution is -0.386. The smallest absolute Gasteiger partial charge is 0.278 e. The summed E-state index contributed by atoms with van der Waals surface area (Å²) in [5.41, 5.74) is -0.469. The topological polar surface area (TPSA) is 78.4 Å². The first-order valence-corrected chi connectivity index (χ1v) is 3.86. The van der Waals surface area contributed by atoms with E-state index in [2.05, 4.69) is 4.84 Å². The van der Waals surface area contributed by atoms with Crippen LogP contribution in [0.15, 0.2) is 18.2 Å². The molecule has 0 spiro atoms. The van der Waals surface area contributed by atoms with Crippen LogP contribution in [0, 0.1) is 15.9 Å². The summed E-state index contributed by atoms with van der Waals surface area (Å²) < 4.78 is 13.2. The van der Waals surface area contributed by atoms with Crippen LogP contribution >= 0.6 is 0 Å². The Kier molecular flexibility index (Phi) is 3.10. The number of nitro benzene ring substituents is 1. The molecule has 0 aliphatic rings. The molecule has 0 aliphatic heterocycles. The highest BCUT2D eigenvalue weighted by Gasteiger charge is 2.22. The summed E-state index contributed by atoms with van der Waals surface area (Å²) in [5.74, 6) is 4.16. The molecule has 1 unspecified atom stereocenters. The van der Waals surface area contributed by atoms with Crippen LogP contribution in [0.5, 0.6) is 0 Å². The van der Waals surface area contributed by atoms with Crippen molar-refractivity contribution in [3.63, 3.8) is 0 Å². The van der Waals surface area contributed by atoms with Crippen molar-refractivity contribution in [3.8, 4) is 0 Å². The summed E-state index contributed by atoms with van der Waals surface area (Å²) in [6.07, 6.45) is -0.850. The van der Waals surface area contributed by atoms with Gasteiger partial charge < -0.3 is 0 Å². The van der Waals surface area contributed by atoms with Crippen LogP contribution in [0.3, 0.4) is 0 Å². The van der Waals surface area contributed by atoms with E-state index in [0.29, 0.717) is 0 Å². The molecule has 1 atom stereocenters. The average Bonchev–Trinajstić information content (AvgIpc) is 2.16. The van der Waals surface area contributed by atoms with Gasteiger partial charge in [-0.25, -0.2) is 10.3 Å². The Labute approximate surface area is 79.4 Å². The lowest BCUT2D eigenvalue weighted by Gasteiger charge is -2.09. The van der Waals surface area contributed by atoms with Crippen LogP contribution in [0.25, 0.3) is 0 Å². The number of benzene rings is 1. The predicted molar refractivity (Wildman–Crippen MR) is 46.7 cm³/mol. The summed E-state index contributed by atoms with van der Waals surface area (Å²) in [7, 11) is 0. The molecular formula is C8H9FN2O3. The number of nitrogens with zero attached hydrogens (tertiary/aromatic N) is 1. The van der Waals surface area contributed by atoms with Crippen LogP contribution < -0.4 is 5.90 Å². The van der Waals surface area contributed by atoms with Gasteiger partial charge in [0.25, 0.3) is 5.69 Å². The fraction of sp³-hybridized carbons (Fsp3) is 0.250. The fourth-order valence-electron chi connectivity index (χ4n) is 1.16. The molecule has 76 valence electrons. The Balaban J connectivity index is 3.29. The highest BCUT2D eigenvalue weighted by molar-refractivity contribution is 5.42. The molecule has 0 fully saturated rings. The van der Waals surface area contributed by atoms with Gasteiger partial charge in [0.15, 0.2) is 0 Å². The third kappa shape index (κ3) is 1.86. The number of hydrogen-bond donors (Lipinski definition) is 1. The average molecular weight is 200 g/mol. The number of nitrogens with two attached hydrogens (primary N) is 1. The largest absolute Gasteiger partial charge is 0.296 e. The van der Waals surface area contributed by atoms with E-state index >= 15 is 0 Å². The lowest BCUT2D eigenvalue weighted by atomic mass is 10.1. The first-order chi connectivity index (χ1) is 6.57. The molecule has 0 radical (unpaired) electrons. The molecule has 1 rings (SSSR count). The molecule has 5 nitrogen and oxygen atoms in total. The Bertz CT molecular complexity index is 356. The maximum absolute atomic E-state index is 13.2. The van der Waals surface area contributed by atoms with E-state index in [1.807, 2.05) is 0 Å². The van der Waals surface area contributed by atoms with Gasteiger partial charge in [-0.2, -0.15) is 0 Å². The van der Waals surface area contributed by atoms with E-state index in [0.717, 1.165) is 6.07 Å². The minimum atomic E-state index is -0.850. The molecule has 1 aromatic rings. The Morgan fingerprint density at radius 3 is 2.79 bits per heavy atom. The van der Waals surface area contributed by atoms with Crippen LogP contribution in [-0.4, -0.2) is 4.92 Å². The van der Waals surface area contributed by atoms with Crippen molar-refractivity contribution in [2.24, 2.45) is 5.90 Å². The summed E-state index contributed by atoms with van der Waals surface area (Å²) in [5, 5.41) is 10.5. The molecule has 2 N–H and O–H groups in total. The number of nitro groups is 1. The standard InChI is InChI=1S/C8H9FN2O3/c1-5(14-10)8-6(9)3-2-4-7(8)11(12)13/h2-5H,10H2,1H3. The minimum absolute atomic E-state index is 0.139. The molecular weight excluding hydrogens is 191 g/mol. The van der Waals surface area contributed by atoms with E-state index < -0.39 is 16.8 Å². The number of rotatable bonds is 3. The highest BCUT2D eigenvalue weighted by atomic mass is 19.1. The van der Waals surface area contributed by atoms with E-state index in [-0.39, 0.29) is 11.3 Å². The zero-order valence-electron chi connectivity index (χ0n) is 7.44. The normalized spacial score (nSPS) is 12.5. The third-order valence-electron chi connectivity index (χ3n) is 1.84. The SMILES string of the molecule is CC(ON)c1c(F)cccc1[N+](=O)[O-]. The maximum atomic E-state index is 13.2. The zero-order chi connectivity index (χ0) is 10.7. The maximum Gasteiger partial charge on any atom is 0.278 e. The van der Waals surface area contributed by atoms with E-state index in [1.165, 1.54) is 19.1 Å². The van der Waals surface area contributed by atoms with E-state index in [4.69, 9.17) is 5.90 Å². The van der Waals surface area contributed by atoms with E-state index in [9.17, 15) is 14.5 Å².